The van der Waals surface area contributed by atoms with Crippen molar-refractivity contribution in [1.82, 2.24) is 24.5 Å². The van der Waals surface area contributed by atoms with E-state index in [4.69, 9.17) is 4.74 Å². The fourth-order valence-electron chi connectivity index (χ4n) is 6.84. The third-order valence-electron chi connectivity index (χ3n) is 9.92. The van der Waals surface area contributed by atoms with Crippen LogP contribution in [0.3, 0.4) is 0 Å². The van der Waals surface area contributed by atoms with E-state index in [1.165, 1.54) is 53.8 Å². The van der Waals surface area contributed by atoms with Crippen molar-refractivity contribution in [3.8, 4) is 5.69 Å². The Labute approximate surface area is 350 Å². The van der Waals surface area contributed by atoms with E-state index in [2.05, 4.69) is 19.8 Å². The summed E-state index contributed by atoms with van der Waals surface area (Å²) in [5.74, 6) is -1.48. The standard InChI is InChI=1S/C44H51F4N7O4S/c1-40(2,3)54(39(57)59-41(4,5)6)37-32-26-31(17-16-29(32)19-25-50-37)55-35(27-36(51-55)44(46,47)48)38(56)53(34-13-11-10-12-33(34)45)43(22-18-28-14-15-28,30-20-23-49-24-21-30)52-60(58)42(7,8)9/h10-13,16-17,19-21,23-28,52H,14-15,18,22H2,1-9H3/t43-,60+/m0/s1. The number of ether oxygens (including phenoxy) is 1. The Morgan fingerprint density at radius 1 is 0.900 bits per heavy atom. The van der Waals surface area contributed by atoms with Gasteiger partial charge in [0.25, 0.3) is 5.91 Å². The number of carbonyl (C=O) groups is 2. The molecule has 6 rings (SSSR count). The number of fused-ring (bicyclic) bond motifs is 1. The number of nitrogens with one attached hydrogen (secondary N) is 1. The molecule has 3 heterocycles. The zero-order valence-electron chi connectivity index (χ0n) is 35.2. The van der Waals surface area contributed by atoms with Gasteiger partial charge in [-0.2, -0.15) is 18.3 Å². The zero-order valence-corrected chi connectivity index (χ0v) is 36.0. The number of carbonyl (C=O) groups excluding carboxylic acids is 2. The molecule has 2 amide bonds. The van der Waals surface area contributed by atoms with Gasteiger partial charge in [0.15, 0.2) is 11.4 Å². The number of benzene rings is 2. The molecule has 320 valence electrons. The van der Waals surface area contributed by atoms with Crippen LogP contribution in [0.25, 0.3) is 16.5 Å². The van der Waals surface area contributed by atoms with Crippen molar-refractivity contribution in [2.75, 3.05) is 9.80 Å². The molecular weight excluding hydrogens is 799 g/mol. The lowest BCUT2D eigenvalue weighted by Gasteiger charge is -2.45. The van der Waals surface area contributed by atoms with Crippen LogP contribution in [0.15, 0.2) is 85.3 Å². The largest absolute Gasteiger partial charge is 0.598 e. The maximum atomic E-state index is 16.4. The second-order valence-electron chi connectivity index (χ2n) is 18.0. The number of amides is 2. The van der Waals surface area contributed by atoms with E-state index < -0.39 is 68.3 Å². The molecule has 3 aromatic heterocycles. The lowest BCUT2D eigenvalue weighted by atomic mass is 9.91. The highest BCUT2D eigenvalue weighted by Crippen LogP contribution is 2.44. The number of anilines is 2. The first-order valence-electron chi connectivity index (χ1n) is 19.7. The summed E-state index contributed by atoms with van der Waals surface area (Å²) in [5, 5.41) is 4.89. The fraction of sp³-hybridized carbons (Fsp3) is 0.432. The number of halogens is 4. The van der Waals surface area contributed by atoms with E-state index in [-0.39, 0.29) is 29.5 Å². The number of hydrogen-bond acceptors (Lipinski definition) is 8. The van der Waals surface area contributed by atoms with Crippen LogP contribution in [0.4, 0.5) is 33.9 Å². The molecule has 2 atom stereocenters. The smallest absolute Gasteiger partial charge is 0.435 e. The first-order chi connectivity index (χ1) is 27.9. The molecule has 0 unspecified atom stereocenters. The van der Waals surface area contributed by atoms with Gasteiger partial charge in [0.2, 0.25) is 0 Å². The molecule has 16 heteroatoms. The average molecular weight is 850 g/mol. The van der Waals surface area contributed by atoms with Gasteiger partial charge in [0.05, 0.1) is 11.4 Å². The first kappa shape index (κ1) is 44.5. The summed E-state index contributed by atoms with van der Waals surface area (Å²) < 4.78 is 83.8. The molecule has 0 radical (unpaired) electrons. The summed E-state index contributed by atoms with van der Waals surface area (Å²) >= 11 is -1.91. The maximum absolute atomic E-state index is 16.4. The maximum Gasteiger partial charge on any atom is 0.435 e. The Hall–Kier alpha value is -5.06. The van der Waals surface area contributed by atoms with Gasteiger partial charge in [-0.25, -0.2) is 18.9 Å². The summed E-state index contributed by atoms with van der Waals surface area (Å²) in [6.07, 6.45) is 1.24. The Morgan fingerprint density at radius 3 is 2.15 bits per heavy atom. The number of alkyl halides is 3. The van der Waals surface area contributed by atoms with E-state index in [0.29, 0.717) is 28.8 Å². The molecule has 0 spiro atoms. The highest BCUT2D eigenvalue weighted by Gasteiger charge is 2.51. The highest BCUT2D eigenvalue weighted by molar-refractivity contribution is 7.90. The van der Waals surface area contributed by atoms with Crippen LogP contribution in [-0.4, -0.2) is 52.2 Å². The zero-order chi connectivity index (χ0) is 44.0. The SMILES string of the molecule is CC(C)(C)OC(=O)N(c1nccc2ccc(-n3nc(C(F)(F)F)cc3C(=O)N(c3ccccc3F)[C@](CCC3CC3)(N[S@+]([O-])C(C)(C)C)c3ccncc3)cc12)C(C)(C)C. The van der Waals surface area contributed by atoms with Crippen molar-refractivity contribution >= 4 is 45.6 Å². The number of para-hydroxylation sites is 1. The molecule has 1 N–H and O–H groups in total. The quantitative estimate of drug-likeness (QED) is 0.0790. The van der Waals surface area contributed by atoms with Crippen LogP contribution < -0.4 is 14.5 Å². The minimum Gasteiger partial charge on any atom is -0.598 e. The molecule has 0 aliphatic heterocycles. The molecule has 5 aromatic rings. The van der Waals surface area contributed by atoms with Crippen molar-refractivity contribution in [2.45, 2.75) is 116 Å². The third kappa shape index (κ3) is 9.60. The van der Waals surface area contributed by atoms with Gasteiger partial charge in [-0.1, -0.05) is 31.0 Å². The van der Waals surface area contributed by atoms with Gasteiger partial charge in [0, 0.05) is 46.9 Å². The summed E-state index contributed by atoms with van der Waals surface area (Å²) in [7, 11) is 0. The van der Waals surface area contributed by atoms with Crippen LogP contribution in [0.1, 0.15) is 110 Å². The Balaban J connectivity index is 1.63. The molecule has 0 bridgehead atoms. The van der Waals surface area contributed by atoms with Crippen LogP contribution in [0.2, 0.25) is 0 Å². The van der Waals surface area contributed by atoms with Crippen LogP contribution in [-0.2, 0) is 27.9 Å². The van der Waals surface area contributed by atoms with Gasteiger partial charge in [-0.05, 0) is 134 Å². The molecular formula is C44H51F4N7O4S. The molecule has 1 saturated carbocycles. The van der Waals surface area contributed by atoms with Crippen LogP contribution in [0.5, 0.6) is 0 Å². The predicted molar refractivity (Wildman–Crippen MR) is 224 cm³/mol. The summed E-state index contributed by atoms with van der Waals surface area (Å²) in [6.45, 7) is 15.8. The molecule has 1 aliphatic carbocycles. The predicted octanol–water partition coefficient (Wildman–Crippen LogP) is 10.3. The fourth-order valence-corrected chi connectivity index (χ4v) is 7.76. The van der Waals surface area contributed by atoms with Gasteiger partial charge in [-0.15, -0.1) is 4.72 Å². The first-order valence-corrected chi connectivity index (χ1v) is 20.8. The molecule has 1 aliphatic rings. The van der Waals surface area contributed by atoms with Crippen molar-refractivity contribution in [2.24, 2.45) is 5.92 Å². The van der Waals surface area contributed by atoms with Gasteiger partial charge >= 0.3 is 12.3 Å². The second-order valence-corrected chi connectivity index (χ2v) is 20.0. The second kappa shape index (κ2) is 16.4. The number of aromatic nitrogens is 4. The normalized spacial score (nSPS) is 15.4. The third-order valence-corrected chi connectivity index (χ3v) is 11.6. The Bertz CT molecular complexity index is 2350. The number of pyridine rings is 2. The van der Waals surface area contributed by atoms with Crippen molar-refractivity contribution in [1.29, 1.82) is 0 Å². The van der Waals surface area contributed by atoms with E-state index in [0.717, 1.165) is 28.5 Å². The lowest BCUT2D eigenvalue weighted by Crippen LogP contribution is -2.63. The number of rotatable bonds is 11. The number of nitrogens with zero attached hydrogens (tertiary/aromatic N) is 6. The van der Waals surface area contributed by atoms with Crippen molar-refractivity contribution in [3.05, 3.63) is 108 Å². The Kier molecular flexibility index (Phi) is 12.2. The van der Waals surface area contributed by atoms with Crippen LogP contribution in [0, 0.1) is 11.7 Å². The van der Waals surface area contributed by atoms with E-state index in [9.17, 15) is 22.5 Å². The molecule has 60 heavy (non-hydrogen) atoms. The van der Waals surface area contributed by atoms with Gasteiger partial charge in [0.1, 0.15) is 27.7 Å². The number of hydrogen-bond donors (Lipinski definition) is 1. The summed E-state index contributed by atoms with van der Waals surface area (Å²) in [6, 6.07) is 15.6. The lowest BCUT2D eigenvalue weighted by molar-refractivity contribution is -0.141. The van der Waals surface area contributed by atoms with Gasteiger partial charge in [-0.3, -0.25) is 19.6 Å². The van der Waals surface area contributed by atoms with E-state index in [1.807, 2.05) is 0 Å². The van der Waals surface area contributed by atoms with Crippen molar-refractivity contribution in [3.63, 3.8) is 0 Å². The highest BCUT2D eigenvalue weighted by atomic mass is 32.2. The summed E-state index contributed by atoms with van der Waals surface area (Å²) in [5.41, 5.74) is -5.33. The topological polar surface area (TPSA) is 129 Å². The average Bonchev–Trinajstić information content (AvgIpc) is 3.87. The molecule has 1 fully saturated rings. The summed E-state index contributed by atoms with van der Waals surface area (Å²) in [4.78, 5) is 40.5. The van der Waals surface area contributed by atoms with Crippen LogP contribution >= 0.6 is 0 Å². The molecule has 2 aromatic carbocycles. The van der Waals surface area contributed by atoms with E-state index >= 15 is 9.18 Å². The van der Waals surface area contributed by atoms with E-state index in [1.54, 1.807) is 86.6 Å². The molecule has 11 nitrogen and oxygen atoms in total. The Morgan fingerprint density at radius 2 is 1.57 bits per heavy atom. The minimum atomic E-state index is -5.01. The van der Waals surface area contributed by atoms with Gasteiger partial charge < -0.3 is 9.29 Å². The molecule has 0 saturated heterocycles. The monoisotopic (exact) mass is 849 g/mol. The minimum absolute atomic E-state index is 0.0147. The van der Waals surface area contributed by atoms with Crippen molar-refractivity contribution < 1.29 is 36.4 Å².